The summed E-state index contributed by atoms with van der Waals surface area (Å²) in [5.41, 5.74) is 0.990. The van der Waals surface area contributed by atoms with Crippen molar-refractivity contribution < 1.29 is 9.90 Å². The molecule has 1 amide bonds. The zero-order valence-corrected chi connectivity index (χ0v) is 11.1. The van der Waals surface area contributed by atoms with Gasteiger partial charge < -0.3 is 10.4 Å². The summed E-state index contributed by atoms with van der Waals surface area (Å²) < 4.78 is 0. The summed E-state index contributed by atoms with van der Waals surface area (Å²) in [6.07, 6.45) is 1.08. The van der Waals surface area contributed by atoms with Crippen LogP contribution in [-0.2, 0) is 11.2 Å². The molecule has 0 saturated carbocycles. The van der Waals surface area contributed by atoms with Gasteiger partial charge in [0, 0.05) is 0 Å². The van der Waals surface area contributed by atoms with Crippen LogP contribution >= 0.6 is 0 Å². The van der Waals surface area contributed by atoms with E-state index in [1.54, 1.807) is 0 Å². The molecule has 0 bridgehead atoms. The lowest BCUT2D eigenvalue weighted by molar-refractivity contribution is -0.121. The Labute approximate surface area is 113 Å². The summed E-state index contributed by atoms with van der Waals surface area (Å²) in [6, 6.07) is 14.0. The van der Waals surface area contributed by atoms with Crippen molar-refractivity contribution in [1.29, 1.82) is 0 Å². The van der Waals surface area contributed by atoms with Gasteiger partial charge in [-0.3, -0.25) is 4.79 Å². The smallest absolute Gasteiger partial charge is 0.224 e. The molecule has 2 aromatic carbocycles. The van der Waals surface area contributed by atoms with E-state index in [2.05, 4.69) is 11.4 Å². The molecule has 0 saturated heterocycles. The normalized spacial score (nSPS) is 12.3. The number of carbonyl (C=O) groups excluding carboxylic acids is 1. The van der Waals surface area contributed by atoms with E-state index in [0.717, 1.165) is 17.4 Å². The minimum atomic E-state index is -0.145. The minimum absolute atomic E-state index is 0.0139. The van der Waals surface area contributed by atoms with Crippen LogP contribution in [0.15, 0.2) is 42.5 Å². The first-order chi connectivity index (χ1) is 9.22. The first-order valence-corrected chi connectivity index (χ1v) is 6.61. The van der Waals surface area contributed by atoms with Crippen molar-refractivity contribution in [2.24, 2.45) is 0 Å². The lowest BCUT2D eigenvalue weighted by Crippen LogP contribution is -2.37. The molecule has 0 spiro atoms. The third-order valence-electron chi connectivity index (χ3n) is 3.26. The highest BCUT2D eigenvalue weighted by Crippen LogP contribution is 2.15. The van der Waals surface area contributed by atoms with Gasteiger partial charge in [-0.1, -0.05) is 49.4 Å². The van der Waals surface area contributed by atoms with Crippen molar-refractivity contribution in [3.8, 4) is 0 Å². The summed E-state index contributed by atoms with van der Waals surface area (Å²) in [4.78, 5) is 11.9. The monoisotopic (exact) mass is 257 g/mol. The second-order valence-electron chi connectivity index (χ2n) is 4.71. The average molecular weight is 257 g/mol. The van der Waals surface area contributed by atoms with Crippen molar-refractivity contribution in [2.75, 3.05) is 6.61 Å². The van der Waals surface area contributed by atoms with E-state index < -0.39 is 0 Å². The second-order valence-corrected chi connectivity index (χ2v) is 4.71. The Kier molecular flexibility index (Phi) is 4.53. The average Bonchev–Trinajstić information content (AvgIpc) is 2.44. The fourth-order valence-corrected chi connectivity index (χ4v) is 2.09. The summed E-state index contributed by atoms with van der Waals surface area (Å²) in [5, 5.41) is 14.2. The van der Waals surface area contributed by atoms with Crippen molar-refractivity contribution >= 4 is 16.7 Å². The highest BCUT2D eigenvalue weighted by atomic mass is 16.3. The van der Waals surface area contributed by atoms with Gasteiger partial charge in [0.25, 0.3) is 0 Å². The number of aliphatic hydroxyl groups excluding tert-OH is 1. The Morgan fingerprint density at radius 2 is 1.95 bits per heavy atom. The number of fused-ring (bicyclic) bond motifs is 1. The van der Waals surface area contributed by atoms with Crippen molar-refractivity contribution in [2.45, 2.75) is 25.8 Å². The predicted octanol–water partition coefficient (Wildman–Crippen LogP) is 2.27. The van der Waals surface area contributed by atoms with Crippen LogP contribution in [0, 0.1) is 0 Å². The number of rotatable bonds is 5. The summed E-state index contributed by atoms with van der Waals surface area (Å²) >= 11 is 0. The van der Waals surface area contributed by atoms with E-state index in [1.165, 1.54) is 5.39 Å². The van der Waals surface area contributed by atoms with Gasteiger partial charge in [-0.05, 0) is 22.8 Å². The zero-order valence-electron chi connectivity index (χ0n) is 11.1. The number of hydrogen-bond donors (Lipinski definition) is 2. The first kappa shape index (κ1) is 13.6. The Hall–Kier alpha value is -1.87. The Bertz CT molecular complexity index is 561. The van der Waals surface area contributed by atoms with Crippen LogP contribution in [0.5, 0.6) is 0 Å². The maximum Gasteiger partial charge on any atom is 0.224 e. The van der Waals surface area contributed by atoms with Gasteiger partial charge in [0.15, 0.2) is 0 Å². The van der Waals surface area contributed by atoms with E-state index >= 15 is 0 Å². The maximum absolute atomic E-state index is 11.9. The molecule has 2 aromatic rings. The van der Waals surface area contributed by atoms with E-state index in [4.69, 9.17) is 5.11 Å². The van der Waals surface area contributed by atoms with Crippen molar-refractivity contribution in [3.63, 3.8) is 0 Å². The largest absolute Gasteiger partial charge is 0.394 e. The van der Waals surface area contributed by atoms with E-state index in [-0.39, 0.29) is 18.6 Å². The molecular formula is C16H19NO2. The summed E-state index contributed by atoms with van der Waals surface area (Å²) in [6.45, 7) is 1.93. The van der Waals surface area contributed by atoms with Gasteiger partial charge in [0.05, 0.1) is 19.1 Å². The molecule has 100 valence electrons. The van der Waals surface area contributed by atoms with Gasteiger partial charge in [-0.15, -0.1) is 0 Å². The lowest BCUT2D eigenvalue weighted by Gasteiger charge is -2.14. The number of amides is 1. The van der Waals surface area contributed by atoms with Crippen LogP contribution < -0.4 is 5.32 Å². The topological polar surface area (TPSA) is 49.3 Å². The van der Waals surface area contributed by atoms with Crippen LogP contribution in [0.2, 0.25) is 0 Å². The zero-order chi connectivity index (χ0) is 13.7. The molecule has 0 heterocycles. The van der Waals surface area contributed by atoms with Gasteiger partial charge in [0.2, 0.25) is 5.91 Å². The Morgan fingerprint density at radius 1 is 1.21 bits per heavy atom. The van der Waals surface area contributed by atoms with Crippen molar-refractivity contribution in [3.05, 3.63) is 48.0 Å². The SMILES string of the molecule is CCC(CO)NC(=O)Cc1ccc2ccccc2c1. The van der Waals surface area contributed by atoms with Crippen LogP contribution in [0.1, 0.15) is 18.9 Å². The molecule has 1 unspecified atom stereocenters. The highest BCUT2D eigenvalue weighted by Gasteiger charge is 2.09. The Balaban J connectivity index is 2.06. The molecule has 0 aliphatic carbocycles. The van der Waals surface area contributed by atoms with Crippen LogP contribution in [0.3, 0.4) is 0 Å². The quantitative estimate of drug-likeness (QED) is 0.863. The molecule has 19 heavy (non-hydrogen) atoms. The molecule has 0 aliphatic rings. The molecule has 0 aliphatic heterocycles. The third-order valence-corrected chi connectivity index (χ3v) is 3.26. The van der Waals surface area contributed by atoms with Gasteiger partial charge in [-0.25, -0.2) is 0 Å². The molecule has 2 N–H and O–H groups in total. The summed E-state index contributed by atoms with van der Waals surface area (Å²) in [7, 11) is 0. The maximum atomic E-state index is 11.9. The molecule has 0 radical (unpaired) electrons. The second kappa shape index (κ2) is 6.34. The number of carbonyl (C=O) groups is 1. The molecule has 2 rings (SSSR count). The van der Waals surface area contributed by atoms with Gasteiger partial charge >= 0.3 is 0 Å². The first-order valence-electron chi connectivity index (χ1n) is 6.61. The number of nitrogens with one attached hydrogen (secondary N) is 1. The molecule has 1 atom stereocenters. The predicted molar refractivity (Wildman–Crippen MR) is 77.0 cm³/mol. The van der Waals surface area contributed by atoms with Crippen LogP contribution in [-0.4, -0.2) is 23.7 Å². The fraction of sp³-hybridized carbons (Fsp3) is 0.312. The van der Waals surface area contributed by atoms with E-state index in [1.807, 2.05) is 43.3 Å². The molecule has 0 fully saturated rings. The van der Waals surface area contributed by atoms with Gasteiger partial charge in [-0.2, -0.15) is 0 Å². The number of aliphatic hydroxyl groups is 1. The van der Waals surface area contributed by atoms with Crippen LogP contribution in [0.25, 0.3) is 10.8 Å². The van der Waals surface area contributed by atoms with Crippen molar-refractivity contribution in [1.82, 2.24) is 5.32 Å². The molecule has 3 nitrogen and oxygen atoms in total. The number of benzene rings is 2. The highest BCUT2D eigenvalue weighted by molar-refractivity contribution is 5.85. The lowest BCUT2D eigenvalue weighted by atomic mass is 10.0. The molecule has 0 aromatic heterocycles. The molecule has 3 heteroatoms. The molecular weight excluding hydrogens is 238 g/mol. The standard InChI is InChI=1S/C16H19NO2/c1-2-15(11-18)17-16(19)10-12-7-8-13-5-3-4-6-14(13)9-12/h3-9,15,18H,2,10-11H2,1H3,(H,17,19). The third kappa shape index (κ3) is 3.55. The fourth-order valence-electron chi connectivity index (χ4n) is 2.09. The van der Waals surface area contributed by atoms with Crippen LogP contribution in [0.4, 0.5) is 0 Å². The summed E-state index contributed by atoms with van der Waals surface area (Å²) in [5.74, 6) is -0.0452. The van der Waals surface area contributed by atoms with E-state index in [9.17, 15) is 4.79 Å². The Morgan fingerprint density at radius 3 is 2.63 bits per heavy atom. The van der Waals surface area contributed by atoms with E-state index in [0.29, 0.717) is 6.42 Å². The minimum Gasteiger partial charge on any atom is -0.394 e. The van der Waals surface area contributed by atoms with Gasteiger partial charge in [0.1, 0.15) is 0 Å². The number of hydrogen-bond acceptors (Lipinski definition) is 2.